The van der Waals surface area contributed by atoms with E-state index in [1.807, 2.05) is 6.92 Å². The molecular formula is C8H18O5S. The molecule has 0 saturated carbocycles. The van der Waals surface area contributed by atoms with Crippen LogP contribution in [0.25, 0.3) is 0 Å². The molecule has 2 unspecified atom stereocenters. The first-order valence-electron chi connectivity index (χ1n) is 4.67. The van der Waals surface area contributed by atoms with Crippen molar-refractivity contribution in [1.29, 1.82) is 0 Å². The normalized spacial score (nSPS) is 16.6. The Hall–Kier alpha value is -0.170. The largest absolute Gasteiger partial charge is 0.394 e. The van der Waals surface area contributed by atoms with Crippen molar-refractivity contribution >= 4 is 10.1 Å². The van der Waals surface area contributed by atoms with Crippen LogP contribution in [-0.2, 0) is 10.1 Å². The SMILES string of the molecule is CCCCC(CC(O)CO)S(=O)(=O)O. The fourth-order valence-corrected chi connectivity index (χ4v) is 2.13. The van der Waals surface area contributed by atoms with Crippen molar-refractivity contribution in [3.05, 3.63) is 0 Å². The van der Waals surface area contributed by atoms with Gasteiger partial charge in [-0.3, -0.25) is 4.55 Å². The third-order valence-electron chi connectivity index (χ3n) is 2.05. The molecule has 86 valence electrons. The molecule has 0 spiro atoms. The molecule has 0 heterocycles. The summed E-state index contributed by atoms with van der Waals surface area (Å²) >= 11 is 0. The molecular weight excluding hydrogens is 208 g/mol. The van der Waals surface area contributed by atoms with Gasteiger partial charge in [-0.15, -0.1) is 0 Å². The molecule has 14 heavy (non-hydrogen) atoms. The average molecular weight is 226 g/mol. The first-order chi connectivity index (χ1) is 6.41. The Balaban J connectivity index is 4.26. The Bertz CT molecular complexity index is 236. The van der Waals surface area contributed by atoms with Crippen LogP contribution in [-0.4, -0.2) is 41.1 Å². The first-order valence-corrected chi connectivity index (χ1v) is 6.17. The van der Waals surface area contributed by atoms with Crippen LogP contribution in [0.5, 0.6) is 0 Å². The summed E-state index contributed by atoms with van der Waals surface area (Å²) < 4.78 is 30.5. The molecule has 0 aromatic carbocycles. The number of hydrogen-bond donors (Lipinski definition) is 3. The Labute approximate surface area is 84.5 Å². The van der Waals surface area contributed by atoms with Gasteiger partial charge in [-0.05, 0) is 12.8 Å². The van der Waals surface area contributed by atoms with Gasteiger partial charge in [0.15, 0.2) is 0 Å². The number of aliphatic hydroxyl groups is 2. The minimum absolute atomic E-state index is 0.116. The molecule has 6 heteroatoms. The second kappa shape index (κ2) is 6.34. The van der Waals surface area contributed by atoms with Gasteiger partial charge in [0, 0.05) is 0 Å². The summed E-state index contributed by atoms with van der Waals surface area (Å²) in [6, 6.07) is 0. The zero-order valence-corrected chi connectivity index (χ0v) is 9.07. The zero-order chi connectivity index (χ0) is 11.2. The van der Waals surface area contributed by atoms with Gasteiger partial charge < -0.3 is 10.2 Å². The predicted octanol–water partition coefficient (Wildman–Crippen LogP) is 0.176. The average Bonchev–Trinajstić information content (AvgIpc) is 2.09. The van der Waals surface area contributed by atoms with E-state index in [1.54, 1.807) is 0 Å². The van der Waals surface area contributed by atoms with Crippen molar-refractivity contribution in [3.63, 3.8) is 0 Å². The lowest BCUT2D eigenvalue weighted by Crippen LogP contribution is -2.27. The summed E-state index contributed by atoms with van der Waals surface area (Å²) in [4.78, 5) is 0. The topological polar surface area (TPSA) is 94.8 Å². The smallest absolute Gasteiger partial charge is 0.267 e. The molecule has 0 bridgehead atoms. The molecule has 0 aliphatic carbocycles. The fraction of sp³-hybridized carbons (Fsp3) is 1.00. The van der Waals surface area contributed by atoms with Crippen LogP contribution in [0, 0.1) is 0 Å². The highest BCUT2D eigenvalue weighted by Crippen LogP contribution is 2.14. The number of rotatable bonds is 7. The quantitative estimate of drug-likeness (QED) is 0.538. The predicted molar refractivity (Wildman–Crippen MR) is 52.6 cm³/mol. The van der Waals surface area contributed by atoms with E-state index in [9.17, 15) is 8.42 Å². The minimum Gasteiger partial charge on any atom is -0.394 e. The van der Waals surface area contributed by atoms with Crippen molar-refractivity contribution in [3.8, 4) is 0 Å². The first kappa shape index (κ1) is 13.8. The Kier molecular flexibility index (Phi) is 6.26. The molecule has 0 aliphatic rings. The summed E-state index contributed by atoms with van der Waals surface area (Å²) in [5, 5.41) is 16.6. The maximum Gasteiger partial charge on any atom is 0.267 e. The van der Waals surface area contributed by atoms with Crippen molar-refractivity contribution in [2.75, 3.05) is 6.61 Å². The molecule has 0 radical (unpaired) electrons. The van der Waals surface area contributed by atoms with Gasteiger partial charge in [0.1, 0.15) is 0 Å². The molecule has 0 rings (SSSR count). The van der Waals surface area contributed by atoms with Gasteiger partial charge in [-0.2, -0.15) is 8.42 Å². The maximum atomic E-state index is 10.9. The van der Waals surface area contributed by atoms with Crippen molar-refractivity contribution in [2.24, 2.45) is 0 Å². The van der Waals surface area contributed by atoms with Crippen LogP contribution < -0.4 is 0 Å². The van der Waals surface area contributed by atoms with E-state index in [2.05, 4.69) is 0 Å². The second-order valence-corrected chi connectivity index (χ2v) is 5.05. The molecule has 0 aromatic rings. The Morgan fingerprint density at radius 3 is 2.29 bits per heavy atom. The Morgan fingerprint density at radius 2 is 1.93 bits per heavy atom. The molecule has 0 amide bonds. The monoisotopic (exact) mass is 226 g/mol. The van der Waals surface area contributed by atoms with Crippen LogP contribution in [0.15, 0.2) is 0 Å². The van der Waals surface area contributed by atoms with E-state index in [0.717, 1.165) is 6.42 Å². The van der Waals surface area contributed by atoms with Crippen molar-refractivity contribution in [1.82, 2.24) is 0 Å². The Morgan fingerprint density at radius 1 is 1.36 bits per heavy atom. The van der Waals surface area contributed by atoms with E-state index in [0.29, 0.717) is 12.8 Å². The van der Waals surface area contributed by atoms with Crippen LogP contribution in [0.4, 0.5) is 0 Å². The van der Waals surface area contributed by atoms with E-state index < -0.39 is 28.1 Å². The van der Waals surface area contributed by atoms with Gasteiger partial charge in [0.05, 0.1) is 18.0 Å². The van der Waals surface area contributed by atoms with Crippen molar-refractivity contribution < 1.29 is 23.2 Å². The minimum atomic E-state index is -4.11. The van der Waals surface area contributed by atoms with E-state index in [4.69, 9.17) is 14.8 Å². The molecule has 0 saturated heterocycles. The van der Waals surface area contributed by atoms with E-state index in [-0.39, 0.29) is 6.42 Å². The highest BCUT2D eigenvalue weighted by atomic mass is 32.2. The molecule has 0 aromatic heterocycles. The van der Waals surface area contributed by atoms with Crippen LogP contribution >= 0.6 is 0 Å². The number of aliphatic hydroxyl groups excluding tert-OH is 2. The maximum absolute atomic E-state index is 10.9. The summed E-state index contributed by atoms with van der Waals surface area (Å²) in [5.74, 6) is 0. The molecule has 0 fully saturated rings. The lowest BCUT2D eigenvalue weighted by Gasteiger charge is -2.15. The summed E-state index contributed by atoms with van der Waals surface area (Å²) in [6.07, 6.45) is 0.602. The van der Waals surface area contributed by atoms with Crippen molar-refractivity contribution in [2.45, 2.75) is 44.0 Å². The van der Waals surface area contributed by atoms with Crippen LogP contribution in [0.3, 0.4) is 0 Å². The van der Waals surface area contributed by atoms with Gasteiger partial charge in [0.25, 0.3) is 10.1 Å². The third-order valence-corrected chi connectivity index (χ3v) is 3.32. The van der Waals surface area contributed by atoms with Gasteiger partial charge in [-0.25, -0.2) is 0 Å². The second-order valence-electron chi connectivity index (χ2n) is 3.35. The standard InChI is InChI=1S/C8H18O5S/c1-2-3-4-8(14(11,12)13)5-7(10)6-9/h7-10H,2-6H2,1H3,(H,11,12,13). The lowest BCUT2D eigenvalue weighted by atomic mass is 10.1. The highest BCUT2D eigenvalue weighted by molar-refractivity contribution is 7.86. The fourth-order valence-electron chi connectivity index (χ4n) is 1.20. The van der Waals surface area contributed by atoms with Crippen LogP contribution in [0.2, 0.25) is 0 Å². The summed E-state index contributed by atoms with van der Waals surface area (Å²) in [6.45, 7) is 1.42. The highest BCUT2D eigenvalue weighted by Gasteiger charge is 2.24. The lowest BCUT2D eigenvalue weighted by molar-refractivity contribution is 0.0861. The van der Waals surface area contributed by atoms with E-state index in [1.165, 1.54) is 0 Å². The molecule has 5 nitrogen and oxygen atoms in total. The molecule has 3 N–H and O–H groups in total. The van der Waals surface area contributed by atoms with E-state index >= 15 is 0 Å². The van der Waals surface area contributed by atoms with Gasteiger partial charge in [0.2, 0.25) is 0 Å². The summed E-state index contributed by atoms with van der Waals surface area (Å²) in [7, 11) is -4.11. The third kappa shape index (κ3) is 5.54. The molecule has 2 atom stereocenters. The van der Waals surface area contributed by atoms with Crippen LogP contribution in [0.1, 0.15) is 32.6 Å². The molecule has 0 aliphatic heterocycles. The number of hydrogen-bond acceptors (Lipinski definition) is 4. The van der Waals surface area contributed by atoms with Gasteiger partial charge >= 0.3 is 0 Å². The summed E-state index contributed by atoms with van der Waals surface area (Å²) in [5.41, 5.74) is 0. The number of unbranched alkanes of at least 4 members (excludes halogenated alkanes) is 1. The zero-order valence-electron chi connectivity index (χ0n) is 8.26. The van der Waals surface area contributed by atoms with Gasteiger partial charge in [-0.1, -0.05) is 19.8 Å².